The fraction of sp³-hybridized carbons (Fsp3) is 0.158. The first-order chi connectivity index (χ1) is 12.6. The van der Waals surface area contributed by atoms with E-state index in [4.69, 9.17) is 0 Å². The molecule has 2 aromatic carbocycles. The molecule has 0 aliphatic carbocycles. The summed E-state index contributed by atoms with van der Waals surface area (Å²) in [5, 5.41) is 6.97. The van der Waals surface area contributed by atoms with Crippen LogP contribution in [0.1, 0.15) is 15.9 Å². The van der Waals surface area contributed by atoms with Gasteiger partial charge in [-0.3, -0.25) is 4.79 Å². The normalized spacial score (nSPS) is 10.7. The molecule has 0 spiro atoms. The number of nitrogens with one attached hydrogen (secondary N) is 1. The summed E-state index contributed by atoms with van der Waals surface area (Å²) < 4.78 is 30.2. The zero-order valence-electron chi connectivity index (χ0n) is 13.8. The Morgan fingerprint density at radius 3 is 2.46 bits per heavy atom. The Kier molecular flexibility index (Phi) is 5.58. The molecule has 3 rings (SSSR count). The summed E-state index contributed by atoms with van der Waals surface area (Å²) in [4.78, 5) is 12.1. The first kappa shape index (κ1) is 17.6. The number of ether oxygens (including phenoxy) is 1. The SMILES string of the molecule is O=C(NCCc1ccc(-n2cccn2)cc1)c1ccc(OC(F)F)cc1. The molecule has 7 heteroatoms. The fourth-order valence-corrected chi connectivity index (χ4v) is 2.45. The highest BCUT2D eigenvalue weighted by atomic mass is 19.3. The van der Waals surface area contributed by atoms with Crippen LogP contribution < -0.4 is 10.1 Å². The van der Waals surface area contributed by atoms with Crippen LogP contribution in [0.5, 0.6) is 5.75 Å². The molecule has 0 unspecified atom stereocenters. The van der Waals surface area contributed by atoms with Crippen molar-refractivity contribution in [3.05, 3.63) is 78.1 Å². The molecule has 0 saturated heterocycles. The molecule has 1 heterocycles. The monoisotopic (exact) mass is 357 g/mol. The van der Waals surface area contributed by atoms with E-state index >= 15 is 0 Å². The third-order valence-electron chi connectivity index (χ3n) is 3.75. The molecule has 1 N–H and O–H groups in total. The minimum absolute atomic E-state index is 0.0221. The van der Waals surface area contributed by atoms with Crippen molar-refractivity contribution in [3.63, 3.8) is 0 Å². The van der Waals surface area contributed by atoms with Crippen LogP contribution in [-0.4, -0.2) is 28.8 Å². The Morgan fingerprint density at radius 2 is 1.85 bits per heavy atom. The van der Waals surface area contributed by atoms with Gasteiger partial charge in [0.2, 0.25) is 0 Å². The molecule has 0 fully saturated rings. The lowest BCUT2D eigenvalue weighted by Gasteiger charge is -2.08. The van der Waals surface area contributed by atoms with Crippen molar-refractivity contribution >= 4 is 5.91 Å². The number of nitrogens with zero attached hydrogens (tertiary/aromatic N) is 2. The molecular formula is C19H17F2N3O2. The van der Waals surface area contributed by atoms with E-state index in [2.05, 4.69) is 15.2 Å². The standard InChI is InChI=1S/C19H17F2N3O2/c20-19(21)26-17-8-4-15(5-9-17)18(25)22-12-10-14-2-6-16(7-3-14)24-13-1-11-23-24/h1-9,11,13,19H,10,12H2,(H,22,25). The second kappa shape index (κ2) is 8.24. The number of carbonyl (C=O) groups is 1. The van der Waals surface area contributed by atoms with Gasteiger partial charge in [-0.25, -0.2) is 4.68 Å². The summed E-state index contributed by atoms with van der Waals surface area (Å²) >= 11 is 0. The average Bonchev–Trinajstić information content (AvgIpc) is 3.17. The molecular weight excluding hydrogens is 340 g/mol. The van der Waals surface area contributed by atoms with Crippen LogP contribution in [0.25, 0.3) is 5.69 Å². The number of rotatable bonds is 7. The Hall–Kier alpha value is -3.22. The first-order valence-corrected chi connectivity index (χ1v) is 8.04. The molecule has 26 heavy (non-hydrogen) atoms. The van der Waals surface area contributed by atoms with E-state index in [1.54, 1.807) is 10.9 Å². The largest absolute Gasteiger partial charge is 0.435 e. The summed E-state index contributed by atoms with van der Waals surface area (Å²) in [6.45, 7) is -2.41. The number of amides is 1. The lowest BCUT2D eigenvalue weighted by molar-refractivity contribution is -0.0498. The quantitative estimate of drug-likeness (QED) is 0.705. The molecule has 0 bridgehead atoms. The average molecular weight is 357 g/mol. The van der Waals surface area contributed by atoms with E-state index in [1.165, 1.54) is 24.3 Å². The van der Waals surface area contributed by atoms with Crippen LogP contribution in [0.2, 0.25) is 0 Å². The second-order valence-electron chi connectivity index (χ2n) is 5.53. The van der Waals surface area contributed by atoms with Gasteiger partial charge in [0.15, 0.2) is 0 Å². The number of alkyl halides is 2. The molecule has 134 valence electrons. The van der Waals surface area contributed by atoms with E-state index in [9.17, 15) is 13.6 Å². The molecule has 0 aliphatic rings. The first-order valence-electron chi connectivity index (χ1n) is 8.04. The smallest absolute Gasteiger partial charge is 0.387 e. The predicted molar refractivity (Wildman–Crippen MR) is 92.7 cm³/mol. The van der Waals surface area contributed by atoms with Gasteiger partial charge in [0.1, 0.15) is 5.75 Å². The van der Waals surface area contributed by atoms with Crippen molar-refractivity contribution in [3.8, 4) is 11.4 Å². The summed E-state index contributed by atoms with van der Waals surface area (Å²) in [5.74, 6) is -0.240. The van der Waals surface area contributed by atoms with Crippen molar-refractivity contribution < 1.29 is 18.3 Å². The maximum absolute atomic E-state index is 12.1. The van der Waals surface area contributed by atoms with Crippen molar-refractivity contribution in [2.24, 2.45) is 0 Å². The van der Waals surface area contributed by atoms with Crippen LogP contribution >= 0.6 is 0 Å². The summed E-state index contributed by atoms with van der Waals surface area (Å²) in [5.41, 5.74) is 2.44. The maximum Gasteiger partial charge on any atom is 0.387 e. The Labute approximate surface area is 149 Å². The number of aromatic nitrogens is 2. The molecule has 3 aromatic rings. The van der Waals surface area contributed by atoms with E-state index in [-0.39, 0.29) is 11.7 Å². The predicted octanol–water partition coefficient (Wildman–Crippen LogP) is 3.45. The van der Waals surface area contributed by atoms with Gasteiger partial charge < -0.3 is 10.1 Å². The van der Waals surface area contributed by atoms with Gasteiger partial charge >= 0.3 is 6.61 Å². The van der Waals surface area contributed by atoms with Crippen molar-refractivity contribution in [1.29, 1.82) is 0 Å². The molecule has 0 aliphatic heterocycles. The minimum atomic E-state index is -2.88. The molecule has 5 nitrogen and oxygen atoms in total. The van der Waals surface area contributed by atoms with Gasteiger partial charge in [-0.1, -0.05) is 12.1 Å². The Morgan fingerprint density at radius 1 is 1.12 bits per heavy atom. The van der Waals surface area contributed by atoms with E-state index in [1.807, 2.05) is 36.5 Å². The van der Waals surface area contributed by atoms with Gasteiger partial charge in [0.25, 0.3) is 5.91 Å². The number of halogens is 2. The topological polar surface area (TPSA) is 56.2 Å². The third-order valence-corrected chi connectivity index (χ3v) is 3.75. The number of hydrogen-bond donors (Lipinski definition) is 1. The molecule has 1 aromatic heterocycles. The highest BCUT2D eigenvalue weighted by Crippen LogP contribution is 2.15. The zero-order valence-corrected chi connectivity index (χ0v) is 13.8. The van der Waals surface area contributed by atoms with Crippen molar-refractivity contribution in [1.82, 2.24) is 15.1 Å². The summed E-state index contributed by atoms with van der Waals surface area (Å²) in [6.07, 6.45) is 4.26. The van der Waals surface area contributed by atoms with Crippen molar-refractivity contribution in [2.45, 2.75) is 13.0 Å². The fourth-order valence-electron chi connectivity index (χ4n) is 2.45. The Bertz CT molecular complexity index is 832. The van der Waals surface area contributed by atoms with E-state index in [0.29, 0.717) is 18.5 Å². The van der Waals surface area contributed by atoms with E-state index < -0.39 is 6.61 Å². The lowest BCUT2D eigenvalue weighted by atomic mass is 10.1. The van der Waals surface area contributed by atoms with Gasteiger partial charge in [-0.2, -0.15) is 13.9 Å². The van der Waals surface area contributed by atoms with Gasteiger partial charge in [0.05, 0.1) is 5.69 Å². The van der Waals surface area contributed by atoms with Crippen LogP contribution in [0.4, 0.5) is 8.78 Å². The summed E-state index contributed by atoms with van der Waals surface area (Å²) in [7, 11) is 0. The molecule has 0 radical (unpaired) electrons. The molecule has 1 amide bonds. The number of hydrogen-bond acceptors (Lipinski definition) is 3. The highest BCUT2D eigenvalue weighted by molar-refractivity contribution is 5.94. The van der Waals surface area contributed by atoms with Crippen molar-refractivity contribution in [2.75, 3.05) is 6.54 Å². The minimum Gasteiger partial charge on any atom is -0.435 e. The zero-order chi connectivity index (χ0) is 18.4. The van der Waals surface area contributed by atoms with Crippen LogP contribution in [-0.2, 0) is 6.42 Å². The molecule has 0 saturated carbocycles. The van der Waals surface area contributed by atoms with Gasteiger partial charge in [-0.05, 0) is 54.4 Å². The highest BCUT2D eigenvalue weighted by Gasteiger charge is 2.08. The van der Waals surface area contributed by atoms with Crippen LogP contribution in [0.15, 0.2) is 67.0 Å². The number of benzene rings is 2. The second-order valence-corrected chi connectivity index (χ2v) is 5.53. The summed E-state index contributed by atoms with van der Waals surface area (Å²) in [6, 6.07) is 15.3. The van der Waals surface area contributed by atoms with Gasteiger partial charge in [0, 0.05) is 24.5 Å². The molecule has 0 atom stereocenters. The van der Waals surface area contributed by atoms with E-state index in [0.717, 1.165) is 11.3 Å². The number of carbonyl (C=O) groups excluding carboxylic acids is 1. The lowest BCUT2D eigenvalue weighted by Crippen LogP contribution is -2.25. The van der Waals surface area contributed by atoms with Crippen LogP contribution in [0.3, 0.4) is 0 Å². The van der Waals surface area contributed by atoms with Crippen LogP contribution in [0, 0.1) is 0 Å². The van der Waals surface area contributed by atoms with Gasteiger partial charge in [-0.15, -0.1) is 0 Å². The third kappa shape index (κ3) is 4.66. The maximum atomic E-state index is 12.1. The Balaban J connectivity index is 1.49.